The summed E-state index contributed by atoms with van der Waals surface area (Å²) in [4.78, 5) is 43.8. The first-order valence-corrected chi connectivity index (χ1v) is 12.4. The van der Waals surface area contributed by atoms with Crippen LogP contribution in [0.3, 0.4) is 0 Å². The number of fused-ring (bicyclic) bond motifs is 1. The lowest BCUT2D eigenvalue weighted by atomic mass is 9.47. The molecule has 1 aliphatic carbocycles. The average Bonchev–Trinajstić information content (AvgIpc) is 3.36. The van der Waals surface area contributed by atoms with Crippen molar-refractivity contribution in [1.29, 1.82) is 0 Å². The zero-order chi connectivity index (χ0) is 26.0. The summed E-state index contributed by atoms with van der Waals surface area (Å²) < 4.78 is 23.1. The molecule has 4 aliphatic rings. The predicted octanol–water partition coefficient (Wildman–Crippen LogP) is 2.21. The van der Waals surface area contributed by atoms with Crippen LogP contribution in [0.2, 0.25) is 0 Å². The summed E-state index contributed by atoms with van der Waals surface area (Å²) in [7, 11) is 4.78. The van der Waals surface area contributed by atoms with Gasteiger partial charge in [-0.1, -0.05) is 25.1 Å². The van der Waals surface area contributed by atoms with Gasteiger partial charge in [0.15, 0.2) is 6.10 Å². The van der Waals surface area contributed by atoms with Gasteiger partial charge in [-0.3, -0.25) is 14.5 Å². The number of carbonyl (C=O) groups is 3. The Bertz CT molecular complexity index is 1150. The van der Waals surface area contributed by atoms with E-state index in [1.165, 1.54) is 21.0 Å². The molecule has 0 aromatic heterocycles. The van der Waals surface area contributed by atoms with E-state index in [1.807, 2.05) is 31.0 Å². The Hall–Kier alpha value is -3.07. The Balaban J connectivity index is 1.91. The summed E-state index contributed by atoms with van der Waals surface area (Å²) in [6.45, 7) is 6.16. The largest absolute Gasteiger partial charge is 0.497 e. The lowest BCUT2D eigenvalue weighted by Crippen LogP contribution is -2.82. The van der Waals surface area contributed by atoms with Gasteiger partial charge < -0.3 is 23.8 Å². The van der Waals surface area contributed by atoms with E-state index >= 15 is 0 Å². The highest BCUT2D eigenvalue weighted by molar-refractivity contribution is 5.89. The molecule has 2 unspecified atom stereocenters. The smallest absolute Gasteiger partial charge is 0.356 e. The highest BCUT2D eigenvalue weighted by Crippen LogP contribution is 2.68. The van der Waals surface area contributed by atoms with Crippen molar-refractivity contribution in [2.24, 2.45) is 5.41 Å². The molecule has 2 fully saturated rings. The third-order valence-corrected chi connectivity index (χ3v) is 8.90. The molecular weight excluding hydrogens is 464 g/mol. The van der Waals surface area contributed by atoms with E-state index in [0.717, 1.165) is 30.8 Å². The molecule has 1 aromatic carbocycles. The van der Waals surface area contributed by atoms with Gasteiger partial charge >= 0.3 is 17.9 Å². The Morgan fingerprint density at radius 3 is 2.47 bits per heavy atom. The van der Waals surface area contributed by atoms with E-state index in [2.05, 4.69) is 23.1 Å². The molecule has 36 heavy (non-hydrogen) atoms. The minimum absolute atomic E-state index is 0.0974. The van der Waals surface area contributed by atoms with Crippen LogP contribution in [0.25, 0.3) is 0 Å². The molecule has 0 N–H and O–H groups in total. The van der Waals surface area contributed by atoms with Gasteiger partial charge in [-0.25, -0.2) is 4.79 Å². The molecule has 3 heterocycles. The Labute approximate surface area is 211 Å². The number of rotatable bonds is 5. The van der Waals surface area contributed by atoms with Gasteiger partial charge in [0, 0.05) is 56.1 Å². The number of benzene rings is 1. The summed E-state index contributed by atoms with van der Waals surface area (Å²) in [5, 5.41) is 0. The van der Waals surface area contributed by atoms with Gasteiger partial charge in [-0.05, 0) is 31.0 Å². The topological polar surface area (TPSA) is 94.6 Å². The van der Waals surface area contributed by atoms with Crippen molar-refractivity contribution >= 4 is 23.6 Å². The summed E-state index contributed by atoms with van der Waals surface area (Å²) in [5.74, 6) is -1.25. The summed E-state index contributed by atoms with van der Waals surface area (Å²) >= 11 is 0. The molecular formula is C27H34N2O7. The van der Waals surface area contributed by atoms with Gasteiger partial charge in [-0.2, -0.15) is 0 Å². The Morgan fingerprint density at radius 1 is 1.11 bits per heavy atom. The molecule has 1 saturated heterocycles. The SMILES string of the molecule is CC[C@]12C=CCN3CCC4(c5ccc(OC)cc5N(C)C4[C@@](OC(C)=O)(C(=O)OC)[C@@H]1OC(C)=O)[C@@H]32. The number of methoxy groups -OCH3 is 2. The second-order valence-electron chi connectivity index (χ2n) is 10.3. The highest BCUT2D eigenvalue weighted by Gasteiger charge is 2.82. The second-order valence-corrected chi connectivity index (χ2v) is 10.3. The number of nitrogens with zero attached hydrogens (tertiary/aromatic N) is 2. The number of anilines is 1. The molecule has 1 spiro atoms. The van der Waals surface area contributed by atoms with Crippen molar-refractivity contribution in [3.8, 4) is 5.75 Å². The minimum Gasteiger partial charge on any atom is -0.497 e. The van der Waals surface area contributed by atoms with Crippen LogP contribution >= 0.6 is 0 Å². The molecule has 5 rings (SSSR count). The molecule has 9 heteroatoms. The number of hydrogen-bond acceptors (Lipinski definition) is 9. The van der Waals surface area contributed by atoms with Gasteiger partial charge in [0.1, 0.15) is 5.75 Å². The molecule has 6 atom stereocenters. The summed E-state index contributed by atoms with van der Waals surface area (Å²) in [5.41, 5.74) is -1.35. The molecule has 0 amide bonds. The number of esters is 3. The van der Waals surface area contributed by atoms with Crippen molar-refractivity contribution < 1.29 is 33.3 Å². The quantitative estimate of drug-likeness (QED) is 0.344. The van der Waals surface area contributed by atoms with Gasteiger partial charge in [0.2, 0.25) is 0 Å². The van der Waals surface area contributed by atoms with Crippen molar-refractivity contribution in [2.45, 2.75) is 62.8 Å². The second kappa shape index (κ2) is 8.23. The van der Waals surface area contributed by atoms with Crippen LogP contribution in [-0.2, 0) is 34.0 Å². The van der Waals surface area contributed by atoms with Crippen molar-refractivity contribution in [2.75, 3.05) is 39.3 Å². The summed E-state index contributed by atoms with van der Waals surface area (Å²) in [6.07, 6.45) is 4.35. The van der Waals surface area contributed by atoms with Crippen LogP contribution < -0.4 is 9.64 Å². The zero-order valence-electron chi connectivity index (χ0n) is 21.7. The van der Waals surface area contributed by atoms with Crippen molar-refractivity contribution in [3.63, 3.8) is 0 Å². The van der Waals surface area contributed by atoms with E-state index < -0.39 is 46.5 Å². The van der Waals surface area contributed by atoms with Crippen LogP contribution in [0.4, 0.5) is 5.69 Å². The number of carbonyl (C=O) groups excluding carboxylic acids is 3. The van der Waals surface area contributed by atoms with E-state index in [9.17, 15) is 14.4 Å². The Morgan fingerprint density at radius 2 is 1.86 bits per heavy atom. The molecule has 0 radical (unpaired) electrons. The standard InChI is InChI=1S/C27H34N2O7/c1-7-25-11-8-13-29-14-12-26(21(25)29)19-10-9-18(33-5)15-20(19)28(4)22(26)27(24(32)34-6,36-17(3)31)23(25)35-16(2)30/h8-11,15,21-23H,7,12-14H2,1-6H3/t21-,22?,23+,25+,26?,27-/m0/s1. The van der Waals surface area contributed by atoms with Gasteiger partial charge in [0.05, 0.1) is 20.3 Å². The normalized spacial score (nSPS) is 35.9. The first-order valence-electron chi connectivity index (χ1n) is 12.4. The molecule has 9 nitrogen and oxygen atoms in total. The van der Waals surface area contributed by atoms with Gasteiger partial charge in [0.25, 0.3) is 5.60 Å². The molecule has 194 valence electrons. The maximum Gasteiger partial charge on any atom is 0.356 e. The highest BCUT2D eigenvalue weighted by atomic mass is 16.6. The molecule has 3 aliphatic heterocycles. The maximum atomic E-state index is 14.0. The van der Waals surface area contributed by atoms with Gasteiger partial charge in [-0.15, -0.1) is 0 Å². The van der Waals surface area contributed by atoms with E-state index in [-0.39, 0.29) is 6.04 Å². The fourth-order valence-electron chi connectivity index (χ4n) is 8.03. The maximum absolute atomic E-state index is 14.0. The zero-order valence-corrected chi connectivity index (χ0v) is 21.7. The monoisotopic (exact) mass is 498 g/mol. The number of hydrogen-bond donors (Lipinski definition) is 0. The third-order valence-electron chi connectivity index (χ3n) is 8.90. The molecule has 1 saturated carbocycles. The van der Waals surface area contributed by atoms with E-state index in [4.69, 9.17) is 18.9 Å². The van der Waals surface area contributed by atoms with Crippen LogP contribution in [0, 0.1) is 5.41 Å². The third kappa shape index (κ3) is 2.83. The first kappa shape index (κ1) is 24.6. The van der Waals surface area contributed by atoms with E-state index in [1.54, 1.807) is 7.11 Å². The summed E-state index contributed by atoms with van der Waals surface area (Å²) in [6, 6.07) is 5.18. The van der Waals surface area contributed by atoms with Crippen molar-refractivity contribution in [1.82, 2.24) is 4.90 Å². The minimum atomic E-state index is -1.91. The fraction of sp³-hybridized carbons (Fsp3) is 0.593. The van der Waals surface area contributed by atoms with Crippen LogP contribution in [0.15, 0.2) is 30.4 Å². The van der Waals surface area contributed by atoms with Crippen LogP contribution in [-0.4, -0.2) is 81.0 Å². The predicted molar refractivity (Wildman–Crippen MR) is 131 cm³/mol. The Kier molecular flexibility index (Phi) is 5.63. The molecule has 1 aromatic rings. The average molecular weight is 499 g/mol. The van der Waals surface area contributed by atoms with Crippen molar-refractivity contribution in [3.05, 3.63) is 35.9 Å². The molecule has 0 bridgehead atoms. The van der Waals surface area contributed by atoms with Crippen LogP contribution in [0.5, 0.6) is 5.75 Å². The lowest BCUT2D eigenvalue weighted by Gasteiger charge is -2.64. The van der Waals surface area contributed by atoms with Crippen LogP contribution in [0.1, 0.15) is 39.2 Å². The first-order chi connectivity index (χ1) is 17.1. The number of likely N-dealkylation sites (N-methyl/N-ethyl adjacent to an activating group) is 1. The fourth-order valence-corrected chi connectivity index (χ4v) is 8.03. The van der Waals surface area contributed by atoms with E-state index in [0.29, 0.717) is 12.2 Å². The lowest BCUT2D eigenvalue weighted by molar-refractivity contribution is -0.239. The number of ether oxygens (including phenoxy) is 4.